The number of carbonyl (C=O) groups is 1. The summed E-state index contributed by atoms with van der Waals surface area (Å²) in [5.74, 6) is 1.94. The van der Waals surface area contributed by atoms with Crippen molar-refractivity contribution in [2.24, 2.45) is 0 Å². The number of para-hydroxylation sites is 4. The molecule has 3 rings (SSSR count). The first-order valence-electron chi connectivity index (χ1n) is 8.19. The third kappa shape index (κ3) is 3.74. The maximum atomic E-state index is 12.1. The molecule has 2 aromatic carbocycles. The monoisotopic (exact) mass is 339 g/mol. The highest BCUT2D eigenvalue weighted by molar-refractivity contribution is 5.81. The van der Waals surface area contributed by atoms with E-state index < -0.39 is 0 Å². The smallest absolute Gasteiger partial charge is 0.240 e. The van der Waals surface area contributed by atoms with Crippen molar-refractivity contribution in [2.45, 2.75) is 20.1 Å². The van der Waals surface area contributed by atoms with E-state index in [0.29, 0.717) is 23.9 Å². The fourth-order valence-corrected chi connectivity index (χ4v) is 2.69. The van der Waals surface area contributed by atoms with Gasteiger partial charge in [0.15, 0.2) is 11.5 Å². The number of hydrogen-bond donors (Lipinski definition) is 1. The third-order valence-electron chi connectivity index (χ3n) is 3.84. The Morgan fingerprint density at radius 1 is 1.12 bits per heavy atom. The summed E-state index contributed by atoms with van der Waals surface area (Å²) in [7, 11) is 1.60. The van der Waals surface area contributed by atoms with Crippen LogP contribution >= 0.6 is 0 Å². The molecule has 1 amide bonds. The van der Waals surface area contributed by atoms with E-state index in [4.69, 9.17) is 9.47 Å². The molecule has 25 heavy (non-hydrogen) atoms. The second kappa shape index (κ2) is 7.70. The lowest BCUT2D eigenvalue weighted by Crippen LogP contribution is -2.28. The number of carbonyl (C=O) groups excluding carboxylic acids is 1. The molecule has 6 nitrogen and oxygen atoms in total. The Labute approximate surface area is 146 Å². The predicted octanol–water partition coefficient (Wildman–Crippen LogP) is 2.76. The highest BCUT2D eigenvalue weighted by Crippen LogP contribution is 2.27. The molecule has 0 aliphatic carbocycles. The molecule has 0 aliphatic heterocycles. The van der Waals surface area contributed by atoms with Gasteiger partial charge < -0.3 is 19.4 Å². The molecule has 3 aromatic rings. The molecule has 0 aliphatic rings. The SMILES string of the molecule is CCNC(=O)Cn1c(COc2ccccc2OC)nc2ccccc21. The largest absolute Gasteiger partial charge is 0.493 e. The Balaban J connectivity index is 1.88. The van der Waals surface area contributed by atoms with E-state index in [2.05, 4.69) is 10.3 Å². The van der Waals surface area contributed by atoms with Crippen molar-refractivity contribution in [3.05, 3.63) is 54.4 Å². The van der Waals surface area contributed by atoms with Gasteiger partial charge in [-0.05, 0) is 31.2 Å². The van der Waals surface area contributed by atoms with Gasteiger partial charge in [-0.2, -0.15) is 0 Å². The van der Waals surface area contributed by atoms with Crippen molar-refractivity contribution in [3.63, 3.8) is 0 Å². The first kappa shape index (κ1) is 16.8. The van der Waals surface area contributed by atoms with Crippen LogP contribution in [-0.4, -0.2) is 29.1 Å². The quantitative estimate of drug-likeness (QED) is 0.719. The molecule has 0 atom stereocenters. The summed E-state index contributed by atoms with van der Waals surface area (Å²) in [4.78, 5) is 16.7. The van der Waals surface area contributed by atoms with E-state index in [-0.39, 0.29) is 19.1 Å². The fourth-order valence-electron chi connectivity index (χ4n) is 2.69. The number of ether oxygens (including phenoxy) is 2. The van der Waals surface area contributed by atoms with Crippen LogP contribution in [0.2, 0.25) is 0 Å². The number of benzene rings is 2. The second-order valence-electron chi connectivity index (χ2n) is 5.50. The van der Waals surface area contributed by atoms with Gasteiger partial charge in [-0.3, -0.25) is 4.79 Å². The zero-order valence-corrected chi connectivity index (χ0v) is 14.4. The molecular weight excluding hydrogens is 318 g/mol. The second-order valence-corrected chi connectivity index (χ2v) is 5.50. The van der Waals surface area contributed by atoms with Crippen LogP contribution in [-0.2, 0) is 17.9 Å². The summed E-state index contributed by atoms with van der Waals surface area (Å²) < 4.78 is 13.1. The van der Waals surface area contributed by atoms with Gasteiger partial charge in [-0.1, -0.05) is 24.3 Å². The van der Waals surface area contributed by atoms with E-state index in [0.717, 1.165) is 11.0 Å². The van der Waals surface area contributed by atoms with E-state index in [9.17, 15) is 4.79 Å². The fraction of sp³-hybridized carbons (Fsp3) is 0.263. The Bertz CT molecular complexity index is 873. The van der Waals surface area contributed by atoms with Crippen LogP contribution in [0.25, 0.3) is 11.0 Å². The van der Waals surface area contributed by atoms with Gasteiger partial charge in [0, 0.05) is 6.54 Å². The molecule has 0 saturated carbocycles. The number of aromatic nitrogens is 2. The van der Waals surface area contributed by atoms with Gasteiger partial charge in [0.05, 0.1) is 18.1 Å². The van der Waals surface area contributed by atoms with E-state index >= 15 is 0 Å². The Morgan fingerprint density at radius 3 is 2.60 bits per heavy atom. The van der Waals surface area contributed by atoms with Crippen molar-refractivity contribution in [1.82, 2.24) is 14.9 Å². The van der Waals surface area contributed by atoms with Crippen LogP contribution in [0.5, 0.6) is 11.5 Å². The molecular formula is C19H21N3O3. The van der Waals surface area contributed by atoms with Crippen LogP contribution in [0.4, 0.5) is 0 Å². The van der Waals surface area contributed by atoms with Crippen molar-refractivity contribution in [3.8, 4) is 11.5 Å². The molecule has 1 heterocycles. The highest BCUT2D eigenvalue weighted by Gasteiger charge is 2.14. The zero-order valence-electron chi connectivity index (χ0n) is 14.4. The molecule has 1 N–H and O–H groups in total. The maximum Gasteiger partial charge on any atom is 0.240 e. The number of methoxy groups -OCH3 is 1. The molecule has 0 spiro atoms. The number of imidazole rings is 1. The maximum absolute atomic E-state index is 12.1. The first-order chi connectivity index (χ1) is 12.2. The average Bonchev–Trinajstić information content (AvgIpc) is 2.98. The standard InChI is InChI=1S/C19H21N3O3/c1-3-20-19(23)12-22-15-9-5-4-8-14(15)21-18(22)13-25-17-11-7-6-10-16(17)24-2/h4-11H,3,12-13H2,1-2H3,(H,20,23). The van der Waals surface area contributed by atoms with Crippen LogP contribution in [0, 0.1) is 0 Å². The molecule has 0 saturated heterocycles. The number of fused-ring (bicyclic) bond motifs is 1. The number of rotatable bonds is 7. The molecule has 1 aromatic heterocycles. The summed E-state index contributed by atoms with van der Waals surface area (Å²) in [6.07, 6.45) is 0. The van der Waals surface area contributed by atoms with Crippen LogP contribution in [0.1, 0.15) is 12.7 Å². The van der Waals surface area contributed by atoms with Gasteiger partial charge >= 0.3 is 0 Å². The van der Waals surface area contributed by atoms with Crippen LogP contribution < -0.4 is 14.8 Å². The lowest BCUT2D eigenvalue weighted by Gasteiger charge is -2.12. The Hall–Kier alpha value is -3.02. The van der Waals surface area contributed by atoms with E-state index in [1.807, 2.05) is 60.0 Å². The van der Waals surface area contributed by atoms with Gasteiger partial charge in [0.25, 0.3) is 0 Å². The van der Waals surface area contributed by atoms with Gasteiger partial charge in [0.1, 0.15) is 19.0 Å². The normalized spacial score (nSPS) is 10.6. The van der Waals surface area contributed by atoms with Crippen LogP contribution in [0.3, 0.4) is 0 Å². The Kier molecular flexibility index (Phi) is 5.18. The third-order valence-corrected chi connectivity index (χ3v) is 3.84. The molecule has 0 unspecified atom stereocenters. The lowest BCUT2D eigenvalue weighted by molar-refractivity contribution is -0.121. The average molecular weight is 339 g/mol. The summed E-state index contributed by atoms with van der Waals surface area (Å²) in [6, 6.07) is 15.2. The molecule has 0 fully saturated rings. The Morgan fingerprint density at radius 2 is 1.84 bits per heavy atom. The number of likely N-dealkylation sites (N-methyl/N-ethyl adjacent to an activating group) is 1. The minimum atomic E-state index is -0.0517. The molecule has 6 heteroatoms. The zero-order chi connectivity index (χ0) is 17.6. The van der Waals surface area contributed by atoms with Crippen molar-refractivity contribution < 1.29 is 14.3 Å². The van der Waals surface area contributed by atoms with E-state index in [1.54, 1.807) is 7.11 Å². The summed E-state index contributed by atoms with van der Waals surface area (Å²) in [5.41, 5.74) is 1.75. The number of hydrogen-bond acceptors (Lipinski definition) is 4. The van der Waals surface area contributed by atoms with Crippen molar-refractivity contribution in [2.75, 3.05) is 13.7 Å². The predicted molar refractivity (Wildman–Crippen MR) is 95.7 cm³/mol. The number of nitrogens with zero attached hydrogens (tertiary/aromatic N) is 2. The first-order valence-corrected chi connectivity index (χ1v) is 8.19. The van der Waals surface area contributed by atoms with Crippen molar-refractivity contribution >= 4 is 16.9 Å². The number of amides is 1. The molecule has 0 radical (unpaired) electrons. The summed E-state index contributed by atoms with van der Waals surface area (Å²) in [5, 5.41) is 2.82. The summed E-state index contributed by atoms with van der Waals surface area (Å²) in [6.45, 7) is 2.95. The summed E-state index contributed by atoms with van der Waals surface area (Å²) >= 11 is 0. The lowest BCUT2D eigenvalue weighted by atomic mass is 10.3. The van der Waals surface area contributed by atoms with Crippen molar-refractivity contribution in [1.29, 1.82) is 0 Å². The highest BCUT2D eigenvalue weighted by atomic mass is 16.5. The number of nitrogens with one attached hydrogen (secondary N) is 1. The van der Waals surface area contributed by atoms with Crippen LogP contribution in [0.15, 0.2) is 48.5 Å². The topological polar surface area (TPSA) is 65.4 Å². The van der Waals surface area contributed by atoms with Gasteiger partial charge in [0.2, 0.25) is 5.91 Å². The van der Waals surface area contributed by atoms with Gasteiger partial charge in [-0.15, -0.1) is 0 Å². The minimum absolute atomic E-state index is 0.0517. The molecule has 130 valence electrons. The van der Waals surface area contributed by atoms with E-state index in [1.165, 1.54) is 0 Å². The van der Waals surface area contributed by atoms with Gasteiger partial charge in [-0.25, -0.2) is 4.98 Å². The minimum Gasteiger partial charge on any atom is -0.493 e. The molecule has 0 bridgehead atoms.